The smallest absolute Gasteiger partial charge is 0.445 e. The van der Waals surface area contributed by atoms with Crippen molar-refractivity contribution in [1.29, 1.82) is 0 Å². The maximum absolute atomic E-state index is 14.1. The summed E-state index contributed by atoms with van der Waals surface area (Å²) in [6, 6.07) is 17.3. The van der Waals surface area contributed by atoms with Crippen molar-refractivity contribution in [3.8, 4) is 0 Å². The molecule has 1 unspecified atom stereocenters. The molecule has 3 aliphatic carbocycles. The van der Waals surface area contributed by atoms with Crippen LogP contribution in [-0.2, 0) is 36.7 Å². The lowest BCUT2D eigenvalue weighted by Crippen LogP contribution is -2.65. The van der Waals surface area contributed by atoms with Crippen molar-refractivity contribution in [2.45, 2.75) is 95.6 Å². The molecular formula is C35H45BClN3O6. The van der Waals surface area contributed by atoms with Crippen LogP contribution in [0.2, 0.25) is 0 Å². The Balaban J connectivity index is 1.12. The van der Waals surface area contributed by atoms with Crippen molar-refractivity contribution in [2.75, 3.05) is 12.4 Å². The predicted octanol–water partition coefficient (Wildman–Crippen LogP) is 4.90. The van der Waals surface area contributed by atoms with Gasteiger partial charge in [-0.1, -0.05) is 74.5 Å². The molecule has 9 nitrogen and oxygen atoms in total. The number of ether oxygens (including phenoxy) is 1. The van der Waals surface area contributed by atoms with E-state index in [2.05, 4.69) is 31.4 Å². The number of likely N-dealkylation sites (tertiary alicyclic amines) is 1. The first kappa shape index (κ1) is 32.8. The second-order valence-corrected chi connectivity index (χ2v) is 14.4. The highest BCUT2D eigenvalue weighted by atomic mass is 35.5. The standard InChI is InChI=1S/C35H45BClN3O6/c1-34(2)25-20-28(34)35(3)29(21-25)45-36(46-35)30(16-17-37)39-31(41)27-15-10-18-40(27)32(42)26(19-23-11-6-4-7-12-23)38-33(43)44-22-24-13-8-5-9-14-24/h4-9,11-14,25-30H,10,15-22H2,1-3H3,(H,38,43)(H,39,41)/t25-,26+,27-,28-,29+,30?,35-/m0/s1. The normalized spacial score (nSPS) is 28.9. The molecule has 3 saturated carbocycles. The molecule has 5 aliphatic rings. The van der Waals surface area contributed by atoms with E-state index in [1.807, 2.05) is 60.7 Å². The molecule has 7 atom stereocenters. The van der Waals surface area contributed by atoms with Gasteiger partial charge in [-0.25, -0.2) is 4.79 Å². The molecule has 0 aromatic heterocycles. The Labute approximate surface area is 277 Å². The summed E-state index contributed by atoms with van der Waals surface area (Å²) in [6.07, 6.45) is 3.33. The molecule has 2 aromatic rings. The van der Waals surface area contributed by atoms with E-state index in [4.69, 9.17) is 25.6 Å². The highest BCUT2D eigenvalue weighted by Crippen LogP contribution is 2.65. The van der Waals surface area contributed by atoms with Gasteiger partial charge in [-0.3, -0.25) is 9.59 Å². The Hall–Kier alpha value is -3.08. The minimum atomic E-state index is -0.905. The second-order valence-electron chi connectivity index (χ2n) is 14.1. The third kappa shape index (κ3) is 6.53. The highest BCUT2D eigenvalue weighted by Gasteiger charge is 2.68. The first-order valence-electron chi connectivity index (χ1n) is 16.6. The number of halogens is 1. The summed E-state index contributed by atoms with van der Waals surface area (Å²) in [5, 5.41) is 5.93. The number of carbonyl (C=O) groups is 3. The van der Waals surface area contributed by atoms with Crippen LogP contribution in [-0.4, -0.2) is 72.1 Å². The fraction of sp³-hybridized carbons (Fsp3) is 0.571. The summed E-state index contributed by atoms with van der Waals surface area (Å²) in [5.74, 6) is 0.317. The Bertz CT molecular complexity index is 1400. The minimum Gasteiger partial charge on any atom is -0.445 e. The maximum Gasteiger partial charge on any atom is 0.481 e. The molecule has 2 heterocycles. The third-order valence-corrected chi connectivity index (χ3v) is 11.2. The van der Waals surface area contributed by atoms with Crippen LogP contribution in [0.5, 0.6) is 0 Å². The summed E-state index contributed by atoms with van der Waals surface area (Å²) in [6.45, 7) is 7.28. The van der Waals surface area contributed by atoms with Gasteiger partial charge in [0.2, 0.25) is 11.8 Å². The second kappa shape index (κ2) is 13.6. The number of hydrogen-bond donors (Lipinski definition) is 2. The fourth-order valence-electron chi connectivity index (χ4n) is 8.20. The molecule has 46 heavy (non-hydrogen) atoms. The Morgan fingerprint density at radius 2 is 1.72 bits per heavy atom. The van der Waals surface area contributed by atoms with Crippen molar-refractivity contribution in [2.24, 2.45) is 17.3 Å². The lowest BCUT2D eigenvalue weighted by Gasteiger charge is -2.64. The van der Waals surface area contributed by atoms with E-state index >= 15 is 0 Å². The van der Waals surface area contributed by atoms with Crippen LogP contribution in [0, 0.1) is 17.3 Å². The zero-order valence-corrected chi connectivity index (χ0v) is 27.7. The molecule has 0 spiro atoms. The molecule has 2 saturated heterocycles. The number of alkyl carbamates (subject to hydrolysis) is 1. The van der Waals surface area contributed by atoms with Gasteiger partial charge in [0.15, 0.2) is 0 Å². The number of alkyl halides is 1. The molecule has 0 radical (unpaired) electrons. The number of hydrogen-bond acceptors (Lipinski definition) is 6. The molecule has 3 amide bonds. The summed E-state index contributed by atoms with van der Waals surface area (Å²) < 4.78 is 18.6. The molecular weight excluding hydrogens is 605 g/mol. The zero-order chi connectivity index (χ0) is 32.5. The van der Waals surface area contributed by atoms with E-state index in [9.17, 15) is 14.4 Å². The topological polar surface area (TPSA) is 106 Å². The molecule has 5 fully saturated rings. The first-order chi connectivity index (χ1) is 22.1. The summed E-state index contributed by atoms with van der Waals surface area (Å²) >= 11 is 6.22. The maximum atomic E-state index is 14.1. The fourth-order valence-corrected chi connectivity index (χ4v) is 8.44. The van der Waals surface area contributed by atoms with Gasteiger partial charge in [-0.2, -0.15) is 0 Å². The zero-order valence-electron chi connectivity index (χ0n) is 27.0. The quantitative estimate of drug-likeness (QED) is 0.265. The van der Waals surface area contributed by atoms with E-state index in [0.717, 1.165) is 24.0 Å². The van der Waals surface area contributed by atoms with Crippen molar-refractivity contribution < 1.29 is 28.4 Å². The van der Waals surface area contributed by atoms with Gasteiger partial charge in [0.25, 0.3) is 0 Å². The summed E-state index contributed by atoms with van der Waals surface area (Å²) in [7, 11) is -0.606. The summed E-state index contributed by atoms with van der Waals surface area (Å²) in [4.78, 5) is 42.4. The molecule has 2 aromatic carbocycles. The molecule has 2 N–H and O–H groups in total. The van der Waals surface area contributed by atoms with Gasteiger partial charge in [0, 0.05) is 18.8 Å². The number of amides is 3. The number of carbonyl (C=O) groups excluding carboxylic acids is 3. The van der Waals surface area contributed by atoms with Gasteiger partial charge in [-0.05, 0) is 67.4 Å². The van der Waals surface area contributed by atoms with Crippen molar-refractivity contribution in [3.05, 3.63) is 71.8 Å². The molecule has 2 bridgehead atoms. The number of nitrogens with zero attached hydrogens (tertiary/aromatic N) is 1. The van der Waals surface area contributed by atoms with Gasteiger partial charge in [-0.15, -0.1) is 11.6 Å². The van der Waals surface area contributed by atoms with Gasteiger partial charge in [0.1, 0.15) is 18.7 Å². The average molecular weight is 650 g/mol. The summed E-state index contributed by atoms with van der Waals surface area (Å²) in [5.41, 5.74) is 1.53. The Morgan fingerprint density at radius 3 is 2.39 bits per heavy atom. The highest BCUT2D eigenvalue weighted by molar-refractivity contribution is 6.48. The van der Waals surface area contributed by atoms with Crippen molar-refractivity contribution in [3.63, 3.8) is 0 Å². The average Bonchev–Trinajstić information content (AvgIpc) is 3.68. The monoisotopic (exact) mass is 649 g/mol. The van der Waals surface area contributed by atoms with E-state index in [-0.39, 0.29) is 36.4 Å². The Kier molecular flexibility index (Phi) is 9.69. The lowest BCUT2D eigenvalue weighted by molar-refractivity contribution is -0.199. The van der Waals surface area contributed by atoms with Crippen LogP contribution >= 0.6 is 11.6 Å². The van der Waals surface area contributed by atoms with Crippen molar-refractivity contribution >= 4 is 36.6 Å². The van der Waals surface area contributed by atoms with E-state index in [1.54, 1.807) is 4.90 Å². The first-order valence-corrected chi connectivity index (χ1v) is 17.1. The molecule has 11 heteroatoms. The van der Waals surface area contributed by atoms with Crippen LogP contribution in [0.3, 0.4) is 0 Å². The van der Waals surface area contributed by atoms with Crippen molar-refractivity contribution in [1.82, 2.24) is 15.5 Å². The molecule has 2 aliphatic heterocycles. The number of rotatable bonds is 11. The van der Waals surface area contributed by atoms with E-state index in [0.29, 0.717) is 43.5 Å². The number of benzene rings is 2. The van der Waals surface area contributed by atoms with Gasteiger partial charge in [0.05, 0.1) is 17.6 Å². The van der Waals surface area contributed by atoms with Gasteiger partial charge < -0.3 is 29.6 Å². The molecule has 246 valence electrons. The lowest BCUT2D eigenvalue weighted by atomic mass is 9.43. The minimum absolute atomic E-state index is 0.0139. The van der Waals surface area contributed by atoms with Crippen LogP contribution in [0.4, 0.5) is 4.79 Å². The van der Waals surface area contributed by atoms with Gasteiger partial charge >= 0.3 is 13.2 Å². The number of nitrogens with one attached hydrogen (secondary N) is 2. The van der Waals surface area contributed by atoms with Crippen LogP contribution in [0.1, 0.15) is 64.0 Å². The van der Waals surface area contributed by atoms with Crippen LogP contribution < -0.4 is 10.6 Å². The SMILES string of the molecule is CC1(C)[C@@H]2C[C@H]3OB(C(CCCl)NC(=O)[C@@H]4CCCN4C(=O)[C@@H](Cc4ccccc4)NC(=O)OCc4ccccc4)O[C@@]3(C)[C@H]1C2. The molecule has 7 rings (SSSR count). The predicted molar refractivity (Wildman–Crippen MR) is 176 cm³/mol. The van der Waals surface area contributed by atoms with Crippen LogP contribution in [0.25, 0.3) is 0 Å². The van der Waals surface area contributed by atoms with E-state index in [1.165, 1.54) is 0 Å². The largest absolute Gasteiger partial charge is 0.481 e. The Morgan fingerprint density at radius 1 is 1.02 bits per heavy atom. The van der Waals surface area contributed by atoms with E-state index < -0.39 is 36.8 Å². The third-order valence-electron chi connectivity index (χ3n) is 11.0. The van der Waals surface area contributed by atoms with Crippen LogP contribution in [0.15, 0.2) is 60.7 Å².